The van der Waals surface area contributed by atoms with Crippen molar-refractivity contribution in [3.63, 3.8) is 0 Å². The average Bonchev–Trinajstić information content (AvgIpc) is 2.68. The highest BCUT2D eigenvalue weighted by molar-refractivity contribution is 5.94. The fourth-order valence-corrected chi connectivity index (χ4v) is 2.37. The first-order chi connectivity index (χ1) is 8.63. The zero-order chi connectivity index (χ0) is 13.1. The second-order valence-electron chi connectivity index (χ2n) is 4.81. The summed E-state index contributed by atoms with van der Waals surface area (Å²) in [6.45, 7) is 7.34. The maximum absolute atomic E-state index is 12.3. The van der Waals surface area contributed by atoms with Crippen LogP contribution in [0.15, 0.2) is 18.2 Å². The van der Waals surface area contributed by atoms with Crippen LogP contribution in [0.3, 0.4) is 0 Å². The van der Waals surface area contributed by atoms with Gasteiger partial charge in [-0.3, -0.25) is 4.90 Å². The van der Waals surface area contributed by atoms with Crippen LogP contribution in [0.4, 0.5) is 10.5 Å². The van der Waals surface area contributed by atoms with Crippen molar-refractivity contribution in [1.82, 2.24) is 10.2 Å². The quantitative estimate of drug-likeness (QED) is 0.880. The lowest BCUT2D eigenvalue weighted by Gasteiger charge is -2.20. The molecule has 0 radical (unpaired) electrons. The lowest BCUT2D eigenvalue weighted by molar-refractivity contribution is 0.221. The van der Waals surface area contributed by atoms with E-state index < -0.39 is 0 Å². The van der Waals surface area contributed by atoms with Gasteiger partial charge < -0.3 is 10.2 Å². The summed E-state index contributed by atoms with van der Waals surface area (Å²) in [7, 11) is 1.91. The van der Waals surface area contributed by atoms with E-state index in [0.717, 1.165) is 31.9 Å². The van der Waals surface area contributed by atoms with Crippen LogP contribution in [0.25, 0.3) is 0 Å². The summed E-state index contributed by atoms with van der Waals surface area (Å²) in [5.41, 5.74) is 3.44. The monoisotopic (exact) mass is 247 g/mol. The summed E-state index contributed by atoms with van der Waals surface area (Å²) in [5.74, 6) is 0. The van der Waals surface area contributed by atoms with Gasteiger partial charge in [0.05, 0.1) is 0 Å². The third kappa shape index (κ3) is 2.48. The van der Waals surface area contributed by atoms with Gasteiger partial charge in [-0.2, -0.15) is 0 Å². The molecule has 4 nitrogen and oxygen atoms in total. The number of carbonyl (C=O) groups excluding carboxylic acids is 1. The predicted molar refractivity (Wildman–Crippen MR) is 74.2 cm³/mol. The first-order valence-electron chi connectivity index (χ1n) is 6.42. The van der Waals surface area contributed by atoms with E-state index in [4.69, 9.17) is 0 Å². The molecule has 1 saturated heterocycles. The Hall–Kier alpha value is -1.55. The Morgan fingerprint density at radius 1 is 1.28 bits per heavy atom. The lowest BCUT2D eigenvalue weighted by Crippen LogP contribution is -2.35. The highest BCUT2D eigenvalue weighted by atomic mass is 16.2. The largest absolute Gasteiger partial charge is 0.324 e. The molecule has 1 fully saturated rings. The Kier molecular flexibility index (Phi) is 3.87. The molecule has 4 heteroatoms. The third-order valence-corrected chi connectivity index (χ3v) is 3.37. The molecule has 0 spiro atoms. The minimum absolute atomic E-state index is 0.122. The maximum Gasteiger partial charge on any atom is 0.324 e. The van der Waals surface area contributed by atoms with E-state index in [9.17, 15) is 4.79 Å². The molecule has 1 aliphatic rings. The molecular weight excluding hydrogens is 226 g/mol. The normalized spacial score (nSPS) is 15.6. The summed E-state index contributed by atoms with van der Waals surface area (Å²) in [6, 6.07) is 6.35. The molecule has 18 heavy (non-hydrogen) atoms. The zero-order valence-electron chi connectivity index (χ0n) is 11.4. The number of carbonyl (C=O) groups is 1. The molecule has 0 atom stereocenters. The van der Waals surface area contributed by atoms with Crippen molar-refractivity contribution >= 4 is 11.7 Å². The molecule has 2 amide bonds. The molecule has 0 unspecified atom stereocenters. The summed E-state index contributed by atoms with van der Waals surface area (Å²) < 4.78 is 0. The molecule has 0 aromatic heterocycles. The Morgan fingerprint density at radius 3 is 2.72 bits per heavy atom. The highest BCUT2D eigenvalue weighted by Crippen LogP contribution is 2.24. The van der Waals surface area contributed by atoms with Crippen LogP contribution in [-0.4, -0.2) is 44.2 Å². The van der Waals surface area contributed by atoms with E-state index >= 15 is 0 Å². The SMILES string of the molecule is CNCCN1CCN(c2ccc(C)cc2C)C1=O. The van der Waals surface area contributed by atoms with Gasteiger partial charge in [-0.15, -0.1) is 0 Å². The molecular formula is C14H21N3O. The van der Waals surface area contributed by atoms with Gasteiger partial charge in [0.15, 0.2) is 0 Å². The summed E-state index contributed by atoms with van der Waals surface area (Å²) in [5, 5.41) is 3.08. The van der Waals surface area contributed by atoms with Gasteiger partial charge in [0.2, 0.25) is 0 Å². The first-order valence-corrected chi connectivity index (χ1v) is 6.42. The van der Waals surface area contributed by atoms with Crippen molar-refractivity contribution in [3.8, 4) is 0 Å². The fraction of sp³-hybridized carbons (Fsp3) is 0.500. The second-order valence-corrected chi connectivity index (χ2v) is 4.81. The molecule has 1 N–H and O–H groups in total. The van der Waals surface area contributed by atoms with Crippen LogP contribution < -0.4 is 10.2 Å². The van der Waals surface area contributed by atoms with Gasteiger partial charge in [-0.05, 0) is 32.5 Å². The van der Waals surface area contributed by atoms with Crippen LogP contribution in [0.1, 0.15) is 11.1 Å². The van der Waals surface area contributed by atoms with Gasteiger partial charge in [0.1, 0.15) is 0 Å². The molecule has 1 aromatic carbocycles. The Morgan fingerprint density at radius 2 is 2.06 bits per heavy atom. The van der Waals surface area contributed by atoms with E-state index in [-0.39, 0.29) is 6.03 Å². The molecule has 1 heterocycles. The van der Waals surface area contributed by atoms with E-state index in [1.807, 2.05) is 22.9 Å². The highest BCUT2D eigenvalue weighted by Gasteiger charge is 2.29. The topological polar surface area (TPSA) is 35.6 Å². The van der Waals surface area contributed by atoms with E-state index in [1.165, 1.54) is 11.1 Å². The molecule has 1 aromatic rings. The van der Waals surface area contributed by atoms with Gasteiger partial charge in [-0.1, -0.05) is 17.7 Å². The van der Waals surface area contributed by atoms with Crippen LogP contribution in [-0.2, 0) is 0 Å². The van der Waals surface area contributed by atoms with Crippen LogP contribution in [0.5, 0.6) is 0 Å². The lowest BCUT2D eigenvalue weighted by atomic mass is 10.1. The summed E-state index contributed by atoms with van der Waals surface area (Å²) in [4.78, 5) is 16.1. The van der Waals surface area contributed by atoms with E-state index in [2.05, 4.69) is 31.3 Å². The van der Waals surface area contributed by atoms with Gasteiger partial charge in [-0.25, -0.2) is 4.79 Å². The molecule has 0 saturated carbocycles. The van der Waals surface area contributed by atoms with Crippen molar-refractivity contribution in [1.29, 1.82) is 0 Å². The fourth-order valence-electron chi connectivity index (χ4n) is 2.37. The van der Waals surface area contributed by atoms with Gasteiger partial charge in [0, 0.05) is 31.9 Å². The van der Waals surface area contributed by atoms with Crippen molar-refractivity contribution in [2.75, 3.05) is 38.1 Å². The molecule has 1 aliphatic heterocycles. The minimum atomic E-state index is 0.122. The summed E-state index contributed by atoms with van der Waals surface area (Å²) >= 11 is 0. The number of nitrogens with one attached hydrogen (secondary N) is 1. The molecule has 0 aliphatic carbocycles. The van der Waals surface area contributed by atoms with Crippen molar-refractivity contribution in [3.05, 3.63) is 29.3 Å². The number of anilines is 1. The number of urea groups is 1. The van der Waals surface area contributed by atoms with Crippen molar-refractivity contribution in [2.45, 2.75) is 13.8 Å². The van der Waals surface area contributed by atoms with E-state index in [1.54, 1.807) is 0 Å². The Labute approximate surface area is 109 Å². The van der Waals surface area contributed by atoms with Crippen LogP contribution >= 0.6 is 0 Å². The smallest absolute Gasteiger partial charge is 0.321 e. The Bertz CT molecular complexity index is 445. The minimum Gasteiger partial charge on any atom is -0.321 e. The van der Waals surface area contributed by atoms with Crippen molar-refractivity contribution < 1.29 is 4.79 Å². The van der Waals surface area contributed by atoms with Gasteiger partial charge in [0.25, 0.3) is 0 Å². The molecule has 98 valence electrons. The predicted octanol–water partition coefficient (Wildman–Crippen LogP) is 1.76. The average molecular weight is 247 g/mol. The van der Waals surface area contributed by atoms with Crippen LogP contribution in [0, 0.1) is 13.8 Å². The number of aryl methyl sites for hydroxylation is 2. The van der Waals surface area contributed by atoms with Crippen molar-refractivity contribution in [2.24, 2.45) is 0 Å². The number of hydrogen-bond acceptors (Lipinski definition) is 2. The second kappa shape index (κ2) is 5.40. The van der Waals surface area contributed by atoms with E-state index in [0.29, 0.717) is 0 Å². The number of hydrogen-bond donors (Lipinski definition) is 1. The first kappa shape index (κ1) is 12.9. The number of amides is 2. The number of rotatable bonds is 4. The number of likely N-dealkylation sites (N-methyl/N-ethyl adjacent to an activating group) is 1. The third-order valence-electron chi connectivity index (χ3n) is 3.37. The molecule has 0 bridgehead atoms. The maximum atomic E-state index is 12.3. The summed E-state index contributed by atoms with van der Waals surface area (Å²) in [6.07, 6.45) is 0. The standard InChI is InChI=1S/C14H21N3O/c1-11-4-5-13(12(2)10-11)17-9-8-16(14(17)18)7-6-15-3/h4-5,10,15H,6-9H2,1-3H3. The number of benzene rings is 1. The Balaban J connectivity index is 2.13. The van der Waals surface area contributed by atoms with Gasteiger partial charge >= 0.3 is 6.03 Å². The van der Waals surface area contributed by atoms with Crippen LogP contribution in [0.2, 0.25) is 0 Å². The zero-order valence-corrected chi connectivity index (χ0v) is 11.4. The number of nitrogens with zero attached hydrogens (tertiary/aromatic N) is 2. The molecule has 2 rings (SSSR count).